The molecule has 7 nitrogen and oxygen atoms in total. The standard InChI is InChI=1S/C27H29N3O4/c1-17(2)33-23-7-6-18(12-19(23)14-28)26-29-15-24(34-26)21-4-3-5-22-20(21)8-9-27(22)13-25(32)30(16-27)10-11-31/h3-4,6-7,12,15,17,22,31H,5,8-11,13,16H2,1-2H3/t22?,27-/m0/s1. The smallest absolute Gasteiger partial charge is 0.226 e. The monoisotopic (exact) mass is 459 g/mol. The average molecular weight is 460 g/mol. The van der Waals surface area contributed by atoms with Crippen LogP contribution in [0, 0.1) is 22.7 Å². The summed E-state index contributed by atoms with van der Waals surface area (Å²) in [5.74, 6) is 2.16. The van der Waals surface area contributed by atoms with E-state index in [2.05, 4.69) is 23.2 Å². The number of ether oxygens (including phenoxy) is 1. The van der Waals surface area contributed by atoms with E-state index in [1.807, 2.05) is 24.8 Å². The Hall–Kier alpha value is -3.37. The van der Waals surface area contributed by atoms with Crippen LogP contribution in [-0.2, 0) is 4.79 Å². The molecule has 0 radical (unpaired) electrons. The Morgan fingerprint density at radius 2 is 2.26 bits per heavy atom. The third kappa shape index (κ3) is 3.82. The molecule has 1 aromatic heterocycles. The van der Waals surface area contributed by atoms with Crippen molar-refractivity contribution in [2.75, 3.05) is 19.7 Å². The molecule has 2 heterocycles. The molecule has 176 valence electrons. The minimum Gasteiger partial charge on any atom is -0.490 e. The summed E-state index contributed by atoms with van der Waals surface area (Å²) in [5, 5.41) is 18.9. The summed E-state index contributed by atoms with van der Waals surface area (Å²) >= 11 is 0. The third-order valence-electron chi connectivity index (χ3n) is 7.27. The molecular formula is C27H29N3O4. The van der Waals surface area contributed by atoms with Crippen LogP contribution in [0.2, 0.25) is 0 Å². The predicted octanol–water partition coefficient (Wildman–Crippen LogP) is 4.33. The number of aliphatic hydroxyl groups is 1. The van der Waals surface area contributed by atoms with Crippen molar-refractivity contribution >= 4 is 11.5 Å². The fourth-order valence-corrected chi connectivity index (χ4v) is 5.79. The van der Waals surface area contributed by atoms with Gasteiger partial charge in [-0.25, -0.2) is 4.98 Å². The highest BCUT2D eigenvalue weighted by Crippen LogP contribution is 2.57. The first-order chi connectivity index (χ1) is 16.4. The molecule has 1 amide bonds. The molecule has 0 bridgehead atoms. The van der Waals surface area contributed by atoms with E-state index in [0.29, 0.717) is 48.4 Å². The normalized spacial score (nSPS) is 23.8. The molecule has 5 rings (SSSR count). The van der Waals surface area contributed by atoms with Crippen molar-refractivity contribution in [2.24, 2.45) is 11.3 Å². The van der Waals surface area contributed by atoms with Crippen molar-refractivity contribution in [2.45, 2.75) is 45.6 Å². The second-order valence-electron chi connectivity index (χ2n) is 9.73. The number of likely N-dealkylation sites (tertiary alicyclic amines) is 1. The fourth-order valence-electron chi connectivity index (χ4n) is 5.79. The summed E-state index contributed by atoms with van der Waals surface area (Å²) in [6.45, 7) is 4.97. The molecule has 34 heavy (non-hydrogen) atoms. The van der Waals surface area contributed by atoms with Gasteiger partial charge in [0.25, 0.3) is 0 Å². The third-order valence-corrected chi connectivity index (χ3v) is 7.27. The highest BCUT2D eigenvalue weighted by Gasteiger charge is 2.53. The zero-order chi connectivity index (χ0) is 23.9. The molecule has 1 saturated carbocycles. The Kier molecular flexibility index (Phi) is 5.78. The number of aliphatic hydroxyl groups excluding tert-OH is 1. The van der Waals surface area contributed by atoms with E-state index in [4.69, 9.17) is 9.15 Å². The Morgan fingerprint density at radius 3 is 3.03 bits per heavy atom. The molecule has 1 N–H and O–H groups in total. The van der Waals surface area contributed by atoms with Gasteiger partial charge in [0.05, 0.1) is 24.5 Å². The number of nitrogens with zero attached hydrogens (tertiary/aromatic N) is 3. The summed E-state index contributed by atoms with van der Waals surface area (Å²) < 4.78 is 11.9. The molecule has 2 aromatic rings. The molecule has 1 aliphatic heterocycles. The first-order valence-electron chi connectivity index (χ1n) is 11.9. The number of aromatic nitrogens is 1. The van der Waals surface area contributed by atoms with Crippen molar-refractivity contribution in [1.82, 2.24) is 9.88 Å². The largest absolute Gasteiger partial charge is 0.490 e. The van der Waals surface area contributed by atoms with Crippen molar-refractivity contribution < 1.29 is 19.1 Å². The zero-order valence-corrected chi connectivity index (χ0v) is 19.6. The maximum absolute atomic E-state index is 12.6. The van der Waals surface area contributed by atoms with Crippen LogP contribution in [0.5, 0.6) is 5.75 Å². The summed E-state index contributed by atoms with van der Waals surface area (Å²) in [5.41, 5.74) is 3.50. The highest BCUT2D eigenvalue weighted by atomic mass is 16.5. The molecule has 2 fully saturated rings. The second-order valence-corrected chi connectivity index (χ2v) is 9.73. The lowest BCUT2D eigenvalue weighted by Gasteiger charge is -2.32. The highest BCUT2D eigenvalue weighted by molar-refractivity contribution is 5.81. The van der Waals surface area contributed by atoms with E-state index in [1.54, 1.807) is 18.3 Å². The van der Waals surface area contributed by atoms with Gasteiger partial charge >= 0.3 is 0 Å². The summed E-state index contributed by atoms with van der Waals surface area (Å²) in [6.07, 6.45) is 9.37. The van der Waals surface area contributed by atoms with Gasteiger partial charge in [0, 0.05) is 36.1 Å². The maximum atomic E-state index is 12.6. The van der Waals surface area contributed by atoms with Crippen LogP contribution in [-0.4, -0.2) is 46.7 Å². The van der Waals surface area contributed by atoms with Crippen LogP contribution in [0.1, 0.15) is 50.9 Å². The van der Waals surface area contributed by atoms with Crippen LogP contribution in [0.3, 0.4) is 0 Å². The molecule has 2 atom stereocenters. The van der Waals surface area contributed by atoms with E-state index in [0.717, 1.165) is 30.4 Å². The van der Waals surface area contributed by atoms with E-state index in [1.165, 1.54) is 5.57 Å². The lowest BCUT2D eigenvalue weighted by Crippen LogP contribution is -2.33. The number of carbonyl (C=O) groups excluding carboxylic acids is 1. The van der Waals surface area contributed by atoms with Crippen molar-refractivity contribution in [1.29, 1.82) is 5.26 Å². The van der Waals surface area contributed by atoms with Crippen molar-refractivity contribution in [3.8, 4) is 23.3 Å². The van der Waals surface area contributed by atoms with Gasteiger partial charge in [-0.1, -0.05) is 17.7 Å². The Labute approximate surface area is 199 Å². The van der Waals surface area contributed by atoms with E-state index in [-0.39, 0.29) is 24.0 Å². The van der Waals surface area contributed by atoms with Crippen LogP contribution in [0.4, 0.5) is 0 Å². The number of rotatable bonds is 6. The number of fused-ring (bicyclic) bond motifs is 2. The molecule has 1 unspecified atom stereocenters. The lowest BCUT2D eigenvalue weighted by molar-refractivity contribution is -0.128. The molecule has 1 aromatic carbocycles. The van der Waals surface area contributed by atoms with Crippen LogP contribution in [0.25, 0.3) is 17.0 Å². The molecular weight excluding hydrogens is 430 g/mol. The molecule has 1 saturated heterocycles. The van der Waals surface area contributed by atoms with Gasteiger partial charge in [-0.15, -0.1) is 0 Å². The van der Waals surface area contributed by atoms with Gasteiger partial charge in [-0.05, 0) is 57.2 Å². The number of β-amino-alcohol motifs (C(OH)–C–C–N with tert-alkyl or cyclic N) is 1. The quantitative estimate of drug-likeness (QED) is 0.690. The summed E-state index contributed by atoms with van der Waals surface area (Å²) in [6, 6.07) is 7.58. The van der Waals surface area contributed by atoms with Gasteiger partial charge in [0.2, 0.25) is 11.8 Å². The topological polar surface area (TPSA) is 99.6 Å². The van der Waals surface area contributed by atoms with Crippen LogP contribution >= 0.6 is 0 Å². The number of amides is 1. The van der Waals surface area contributed by atoms with Gasteiger partial charge in [-0.3, -0.25) is 4.79 Å². The molecule has 1 spiro atoms. The van der Waals surface area contributed by atoms with Gasteiger partial charge in [0.15, 0.2) is 5.76 Å². The molecule has 7 heteroatoms. The molecule has 3 aliphatic rings. The minimum absolute atomic E-state index is 0.000727. The minimum atomic E-state index is -0.0611. The number of carbonyl (C=O) groups is 1. The average Bonchev–Trinajstić information content (AvgIpc) is 3.52. The predicted molar refractivity (Wildman–Crippen MR) is 127 cm³/mol. The van der Waals surface area contributed by atoms with Crippen LogP contribution in [0.15, 0.2) is 46.5 Å². The Morgan fingerprint density at radius 1 is 1.41 bits per heavy atom. The van der Waals surface area contributed by atoms with Gasteiger partial charge < -0.3 is 19.2 Å². The number of benzene rings is 1. The first-order valence-corrected chi connectivity index (χ1v) is 11.9. The molecule has 2 aliphatic carbocycles. The van der Waals surface area contributed by atoms with E-state index in [9.17, 15) is 15.2 Å². The lowest BCUT2D eigenvalue weighted by atomic mass is 9.72. The van der Waals surface area contributed by atoms with Crippen LogP contribution < -0.4 is 4.74 Å². The number of hydrogen-bond donors (Lipinski definition) is 1. The number of hydrogen-bond acceptors (Lipinski definition) is 6. The van der Waals surface area contributed by atoms with Crippen molar-refractivity contribution in [3.63, 3.8) is 0 Å². The van der Waals surface area contributed by atoms with Gasteiger partial charge in [0.1, 0.15) is 11.8 Å². The number of nitriles is 1. The maximum Gasteiger partial charge on any atom is 0.226 e. The first kappa shape index (κ1) is 22.4. The number of oxazole rings is 1. The van der Waals surface area contributed by atoms with E-state index >= 15 is 0 Å². The van der Waals surface area contributed by atoms with Gasteiger partial charge in [-0.2, -0.15) is 5.26 Å². The SMILES string of the molecule is CC(C)Oc1ccc(-c2ncc(C3=C4CC[C@@]5(CC(=O)N(CCO)C5)C4CC=C3)o2)cc1C#N. The Bertz CT molecular complexity index is 1220. The fraction of sp³-hybridized carbons (Fsp3) is 0.444. The number of allylic oxidation sites excluding steroid dienone is 4. The summed E-state index contributed by atoms with van der Waals surface area (Å²) in [4.78, 5) is 18.9. The Balaban J connectivity index is 1.43. The van der Waals surface area contributed by atoms with Crippen molar-refractivity contribution in [3.05, 3.63) is 53.4 Å². The zero-order valence-electron chi connectivity index (χ0n) is 19.6. The van der Waals surface area contributed by atoms with E-state index < -0.39 is 0 Å². The summed E-state index contributed by atoms with van der Waals surface area (Å²) in [7, 11) is 0. The second kappa shape index (κ2) is 8.77.